The van der Waals surface area contributed by atoms with Gasteiger partial charge in [-0.15, -0.1) is 0 Å². The molecule has 2 rings (SSSR count). The molecule has 3 N–H and O–H groups in total. The van der Waals surface area contributed by atoms with E-state index in [1.54, 1.807) is 6.07 Å². The van der Waals surface area contributed by atoms with Crippen molar-refractivity contribution >= 4 is 21.8 Å². The van der Waals surface area contributed by atoms with Gasteiger partial charge in [-0.2, -0.15) is 0 Å². The zero-order valence-corrected chi connectivity index (χ0v) is 13.2. The summed E-state index contributed by atoms with van der Waals surface area (Å²) in [6, 6.07) is 4.45. The molecule has 1 aromatic carbocycles. The van der Waals surface area contributed by atoms with Gasteiger partial charge in [0.25, 0.3) is 0 Å². The predicted octanol–water partition coefficient (Wildman–Crippen LogP) is 3.11. The quantitative estimate of drug-likeness (QED) is 0.886. The van der Waals surface area contributed by atoms with E-state index in [9.17, 15) is 9.18 Å². The lowest BCUT2D eigenvalue weighted by Gasteiger charge is -2.37. The van der Waals surface area contributed by atoms with Crippen LogP contribution >= 0.6 is 15.9 Å². The number of halogens is 2. The topological polar surface area (TPSA) is 55.1 Å². The molecular weight excluding hydrogens is 323 g/mol. The Morgan fingerprint density at radius 1 is 1.55 bits per heavy atom. The second-order valence-corrected chi connectivity index (χ2v) is 6.61. The van der Waals surface area contributed by atoms with Crippen LogP contribution in [0.2, 0.25) is 0 Å². The molecule has 1 saturated carbocycles. The Kier molecular flexibility index (Phi) is 4.81. The van der Waals surface area contributed by atoms with Crippen molar-refractivity contribution in [3.8, 4) is 0 Å². The molecule has 0 aliphatic heterocycles. The third-order valence-electron chi connectivity index (χ3n) is 4.03. The third kappa shape index (κ3) is 3.58. The second kappa shape index (κ2) is 6.22. The molecule has 3 nitrogen and oxygen atoms in total. The summed E-state index contributed by atoms with van der Waals surface area (Å²) in [6.45, 7) is 2.25. The lowest BCUT2D eigenvalue weighted by atomic mass is 9.74. The van der Waals surface area contributed by atoms with Crippen LogP contribution in [0.4, 0.5) is 4.39 Å². The molecule has 0 saturated heterocycles. The first kappa shape index (κ1) is 15.4. The molecule has 0 heterocycles. The highest BCUT2D eigenvalue weighted by Crippen LogP contribution is 2.31. The summed E-state index contributed by atoms with van der Waals surface area (Å²) < 4.78 is 14.0. The summed E-state index contributed by atoms with van der Waals surface area (Å²) in [4.78, 5) is 12.3. The van der Waals surface area contributed by atoms with E-state index in [-0.39, 0.29) is 17.6 Å². The van der Waals surface area contributed by atoms with Crippen molar-refractivity contribution < 1.29 is 9.18 Å². The highest BCUT2D eigenvalue weighted by atomic mass is 79.9. The Morgan fingerprint density at radius 2 is 2.30 bits per heavy atom. The van der Waals surface area contributed by atoms with Gasteiger partial charge in [-0.3, -0.25) is 4.79 Å². The fourth-order valence-corrected chi connectivity index (χ4v) is 3.16. The van der Waals surface area contributed by atoms with Gasteiger partial charge in [-0.05, 0) is 43.5 Å². The van der Waals surface area contributed by atoms with Crippen LogP contribution in [0, 0.1) is 11.7 Å². The zero-order chi connectivity index (χ0) is 14.8. The summed E-state index contributed by atoms with van der Waals surface area (Å²) in [6.07, 6.45) is 3.80. The molecule has 0 spiro atoms. The van der Waals surface area contributed by atoms with E-state index in [1.807, 2.05) is 6.92 Å². The minimum Gasteiger partial charge on any atom is -0.352 e. The third-order valence-corrected chi connectivity index (χ3v) is 4.81. The Hall–Kier alpha value is -0.940. The molecule has 5 heteroatoms. The first-order valence-electron chi connectivity index (χ1n) is 6.91. The number of nitrogens with two attached hydrogens (primary N) is 1. The Balaban J connectivity index is 1.99. The molecule has 2 atom stereocenters. The fraction of sp³-hybridized carbons (Fsp3) is 0.533. The smallest absolute Gasteiger partial charge is 0.225 e. The van der Waals surface area contributed by atoms with Crippen molar-refractivity contribution in [2.75, 3.05) is 0 Å². The number of rotatable bonds is 3. The monoisotopic (exact) mass is 342 g/mol. The molecule has 2 unspecified atom stereocenters. The molecule has 0 radical (unpaired) electrons. The van der Waals surface area contributed by atoms with Crippen LogP contribution in [-0.4, -0.2) is 11.4 Å². The number of benzene rings is 1. The van der Waals surface area contributed by atoms with E-state index in [1.165, 1.54) is 12.1 Å². The summed E-state index contributed by atoms with van der Waals surface area (Å²) in [5.74, 6) is -0.506. The van der Waals surface area contributed by atoms with Gasteiger partial charge < -0.3 is 11.1 Å². The van der Waals surface area contributed by atoms with Gasteiger partial charge in [0, 0.05) is 16.6 Å². The van der Waals surface area contributed by atoms with Crippen LogP contribution in [0.5, 0.6) is 0 Å². The highest BCUT2D eigenvalue weighted by Gasteiger charge is 2.37. The minimum absolute atomic E-state index is 0.0362. The van der Waals surface area contributed by atoms with Crippen molar-refractivity contribution in [1.82, 2.24) is 5.32 Å². The summed E-state index contributed by atoms with van der Waals surface area (Å²) in [7, 11) is 0. The fourth-order valence-electron chi connectivity index (χ4n) is 2.77. The van der Waals surface area contributed by atoms with E-state index in [4.69, 9.17) is 5.73 Å². The maximum absolute atomic E-state index is 13.2. The van der Waals surface area contributed by atoms with E-state index in [0.717, 1.165) is 35.7 Å². The zero-order valence-electron chi connectivity index (χ0n) is 11.6. The van der Waals surface area contributed by atoms with Gasteiger partial charge in [0.1, 0.15) is 5.82 Å². The van der Waals surface area contributed by atoms with E-state index in [2.05, 4.69) is 21.2 Å². The van der Waals surface area contributed by atoms with Crippen LogP contribution in [0.25, 0.3) is 0 Å². The summed E-state index contributed by atoms with van der Waals surface area (Å²) >= 11 is 3.36. The van der Waals surface area contributed by atoms with E-state index in [0.29, 0.717) is 6.54 Å². The van der Waals surface area contributed by atoms with Gasteiger partial charge in [0.2, 0.25) is 5.91 Å². The van der Waals surface area contributed by atoms with E-state index < -0.39 is 5.54 Å². The first-order valence-corrected chi connectivity index (χ1v) is 7.70. The molecule has 0 bridgehead atoms. The normalized spacial score (nSPS) is 26.3. The van der Waals surface area contributed by atoms with E-state index >= 15 is 0 Å². The number of hydrogen-bond acceptors (Lipinski definition) is 2. The molecule has 1 aromatic rings. The Bertz CT molecular complexity index is 505. The summed E-state index contributed by atoms with van der Waals surface area (Å²) in [5.41, 5.74) is 6.50. The van der Waals surface area contributed by atoms with Gasteiger partial charge in [-0.25, -0.2) is 4.39 Å². The van der Waals surface area contributed by atoms with Gasteiger partial charge in [0.15, 0.2) is 0 Å². The average Bonchev–Trinajstić information content (AvgIpc) is 2.39. The van der Waals surface area contributed by atoms with Crippen molar-refractivity contribution in [3.63, 3.8) is 0 Å². The molecular formula is C15H20BrFN2O. The van der Waals surface area contributed by atoms with Crippen LogP contribution < -0.4 is 11.1 Å². The average molecular weight is 343 g/mol. The molecule has 1 aliphatic carbocycles. The maximum Gasteiger partial charge on any atom is 0.225 e. The second-order valence-electron chi connectivity index (χ2n) is 5.76. The summed E-state index contributed by atoms with van der Waals surface area (Å²) in [5, 5.41) is 2.88. The lowest BCUT2D eigenvalue weighted by Crippen LogP contribution is -2.52. The number of amides is 1. The number of carbonyl (C=O) groups is 1. The Labute approximate surface area is 127 Å². The molecule has 110 valence electrons. The van der Waals surface area contributed by atoms with Crippen molar-refractivity contribution in [2.45, 2.75) is 44.7 Å². The predicted molar refractivity (Wildman–Crippen MR) is 80.5 cm³/mol. The van der Waals surface area contributed by atoms with Crippen molar-refractivity contribution in [2.24, 2.45) is 11.7 Å². The molecule has 1 fully saturated rings. The van der Waals surface area contributed by atoms with Crippen LogP contribution in [0.3, 0.4) is 0 Å². The lowest BCUT2D eigenvalue weighted by molar-refractivity contribution is -0.128. The first-order chi connectivity index (χ1) is 9.40. The van der Waals surface area contributed by atoms with Crippen LogP contribution in [-0.2, 0) is 11.3 Å². The van der Waals surface area contributed by atoms with Crippen molar-refractivity contribution in [3.05, 3.63) is 34.1 Å². The SMILES string of the molecule is CC1(N)CCCCC1C(=O)NCc1cc(F)ccc1Br. The maximum atomic E-state index is 13.2. The Morgan fingerprint density at radius 3 is 3.00 bits per heavy atom. The molecule has 1 amide bonds. The van der Waals surface area contributed by atoms with Crippen molar-refractivity contribution in [1.29, 1.82) is 0 Å². The largest absolute Gasteiger partial charge is 0.352 e. The van der Waals surface area contributed by atoms with Gasteiger partial charge >= 0.3 is 0 Å². The minimum atomic E-state index is -0.443. The number of hydrogen-bond donors (Lipinski definition) is 2. The molecule has 0 aromatic heterocycles. The highest BCUT2D eigenvalue weighted by molar-refractivity contribution is 9.10. The number of carbonyl (C=O) groups excluding carboxylic acids is 1. The molecule has 1 aliphatic rings. The number of nitrogens with one attached hydrogen (secondary N) is 1. The molecule has 20 heavy (non-hydrogen) atoms. The van der Waals surface area contributed by atoms with Crippen LogP contribution in [0.15, 0.2) is 22.7 Å². The van der Waals surface area contributed by atoms with Gasteiger partial charge in [0.05, 0.1) is 5.92 Å². The van der Waals surface area contributed by atoms with Crippen LogP contribution in [0.1, 0.15) is 38.2 Å². The standard InChI is InChI=1S/C15H20BrFN2O/c1-15(18)7-3-2-4-12(15)14(20)19-9-10-8-11(17)5-6-13(10)16/h5-6,8,12H,2-4,7,9,18H2,1H3,(H,19,20). The van der Waals surface area contributed by atoms with Gasteiger partial charge in [-0.1, -0.05) is 28.8 Å².